The summed E-state index contributed by atoms with van der Waals surface area (Å²) in [5.41, 5.74) is 1.64. The number of aromatic nitrogens is 5. The summed E-state index contributed by atoms with van der Waals surface area (Å²) in [7, 11) is 3.32. The third kappa shape index (κ3) is 4.34. The first-order chi connectivity index (χ1) is 15.5. The Balaban J connectivity index is 1.64. The van der Waals surface area contributed by atoms with Crippen LogP contribution in [-0.4, -0.2) is 43.1 Å². The van der Waals surface area contributed by atoms with E-state index in [1.165, 1.54) is 17.7 Å². The van der Waals surface area contributed by atoms with E-state index in [2.05, 4.69) is 20.4 Å². The summed E-state index contributed by atoms with van der Waals surface area (Å²) in [6.07, 6.45) is 4.92. The van der Waals surface area contributed by atoms with Crippen molar-refractivity contribution in [3.8, 4) is 17.0 Å². The van der Waals surface area contributed by atoms with Crippen LogP contribution in [0.5, 0.6) is 5.75 Å². The Hall–Kier alpha value is -3.69. The molecule has 0 bridgehead atoms. The summed E-state index contributed by atoms with van der Waals surface area (Å²) < 4.78 is 8.38. The van der Waals surface area contributed by atoms with E-state index >= 15 is 0 Å². The van der Waals surface area contributed by atoms with Crippen LogP contribution in [0, 0.1) is 0 Å². The summed E-state index contributed by atoms with van der Waals surface area (Å²) in [5, 5.41) is 17.6. The van der Waals surface area contributed by atoms with Gasteiger partial charge in [-0.25, -0.2) is 9.97 Å². The van der Waals surface area contributed by atoms with E-state index in [1.807, 2.05) is 0 Å². The Morgan fingerprint density at radius 3 is 2.72 bits per heavy atom. The van der Waals surface area contributed by atoms with Crippen LogP contribution in [0.25, 0.3) is 11.3 Å². The number of anilines is 2. The fraction of sp³-hybridized carbons (Fsp3) is 0.182. The van der Waals surface area contributed by atoms with Crippen molar-refractivity contribution >= 4 is 23.4 Å². The number of benzene rings is 1. The van der Waals surface area contributed by atoms with Crippen molar-refractivity contribution in [1.82, 2.24) is 24.3 Å². The van der Waals surface area contributed by atoms with Gasteiger partial charge in [-0.15, -0.1) is 0 Å². The Kier molecular flexibility index (Phi) is 6.20. The molecule has 164 valence electrons. The SMILES string of the molecule is COc1cc(C(CO)n2ccc(-c3ccnc(Nc4ccnn4C)n3)cc2=O)ccc1Cl. The largest absolute Gasteiger partial charge is 0.495 e. The molecule has 0 fully saturated rings. The van der Waals surface area contributed by atoms with Crippen molar-refractivity contribution in [3.05, 3.63) is 82.0 Å². The lowest BCUT2D eigenvalue weighted by Gasteiger charge is -2.19. The molecule has 3 aromatic heterocycles. The van der Waals surface area contributed by atoms with Crippen LogP contribution < -0.4 is 15.6 Å². The maximum atomic E-state index is 12.9. The first kappa shape index (κ1) is 21.5. The maximum absolute atomic E-state index is 12.9. The average Bonchev–Trinajstić information content (AvgIpc) is 3.20. The second kappa shape index (κ2) is 9.21. The van der Waals surface area contributed by atoms with Gasteiger partial charge in [0.25, 0.3) is 5.56 Å². The van der Waals surface area contributed by atoms with Crippen molar-refractivity contribution in [2.45, 2.75) is 6.04 Å². The van der Waals surface area contributed by atoms with E-state index in [-0.39, 0.29) is 12.2 Å². The minimum absolute atomic E-state index is 0.268. The van der Waals surface area contributed by atoms with Gasteiger partial charge in [0.2, 0.25) is 5.95 Å². The second-order valence-corrected chi connectivity index (χ2v) is 7.39. The molecular formula is C22H21ClN6O3. The smallest absolute Gasteiger partial charge is 0.251 e. The molecule has 0 amide bonds. The number of ether oxygens (including phenoxy) is 1. The molecule has 0 aliphatic rings. The summed E-state index contributed by atoms with van der Waals surface area (Å²) in [5.74, 6) is 1.60. The van der Waals surface area contributed by atoms with Crippen LogP contribution in [0.4, 0.5) is 11.8 Å². The highest BCUT2D eigenvalue weighted by atomic mass is 35.5. The second-order valence-electron chi connectivity index (χ2n) is 6.98. The number of nitrogens with one attached hydrogen (secondary N) is 1. The van der Waals surface area contributed by atoms with Crippen LogP contribution in [0.2, 0.25) is 5.02 Å². The van der Waals surface area contributed by atoms with Crippen molar-refractivity contribution < 1.29 is 9.84 Å². The summed E-state index contributed by atoms with van der Waals surface area (Å²) >= 11 is 6.10. The predicted octanol–water partition coefficient (Wildman–Crippen LogP) is 3.03. The van der Waals surface area contributed by atoms with Crippen LogP contribution in [-0.2, 0) is 7.05 Å². The van der Waals surface area contributed by atoms with Crippen molar-refractivity contribution in [2.24, 2.45) is 7.05 Å². The summed E-state index contributed by atoms with van der Waals surface area (Å²) in [4.78, 5) is 21.6. The first-order valence-corrected chi connectivity index (χ1v) is 10.1. The molecule has 9 nitrogen and oxygen atoms in total. The number of pyridine rings is 1. The highest BCUT2D eigenvalue weighted by molar-refractivity contribution is 6.32. The molecule has 4 aromatic rings. The van der Waals surface area contributed by atoms with Gasteiger partial charge in [-0.2, -0.15) is 5.10 Å². The van der Waals surface area contributed by atoms with Crippen LogP contribution >= 0.6 is 11.6 Å². The molecule has 1 atom stereocenters. The van der Waals surface area contributed by atoms with Gasteiger partial charge in [0.1, 0.15) is 11.6 Å². The zero-order valence-electron chi connectivity index (χ0n) is 17.4. The molecule has 1 unspecified atom stereocenters. The number of methoxy groups -OCH3 is 1. The maximum Gasteiger partial charge on any atom is 0.251 e. The number of halogens is 1. The van der Waals surface area contributed by atoms with E-state index in [0.717, 1.165) is 5.82 Å². The fourth-order valence-corrected chi connectivity index (χ4v) is 3.53. The Morgan fingerprint density at radius 1 is 1.19 bits per heavy atom. The van der Waals surface area contributed by atoms with E-state index in [9.17, 15) is 9.90 Å². The Morgan fingerprint density at radius 2 is 2.03 bits per heavy atom. The van der Waals surface area contributed by atoms with Gasteiger partial charge in [0.15, 0.2) is 0 Å². The lowest BCUT2D eigenvalue weighted by Crippen LogP contribution is -2.26. The number of hydrogen-bond donors (Lipinski definition) is 2. The lowest BCUT2D eigenvalue weighted by molar-refractivity contribution is 0.246. The minimum atomic E-state index is -0.588. The number of aryl methyl sites for hydroxylation is 1. The van der Waals surface area contributed by atoms with Gasteiger partial charge in [-0.3, -0.25) is 9.48 Å². The van der Waals surface area contributed by atoms with Crippen LogP contribution in [0.15, 0.2) is 65.8 Å². The quantitative estimate of drug-likeness (QED) is 0.443. The molecule has 4 rings (SSSR count). The molecule has 0 saturated heterocycles. The molecular weight excluding hydrogens is 432 g/mol. The molecule has 10 heteroatoms. The summed E-state index contributed by atoms with van der Waals surface area (Å²) in [6, 6.07) is 11.3. The van der Waals surface area contributed by atoms with Gasteiger partial charge >= 0.3 is 0 Å². The van der Waals surface area contributed by atoms with E-state index in [1.54, 1.807) is 66.7 Å². The monoisotopic (exact) mass is 452 g/mol. The number of rotatable bonds is 7. The van der Waals surface area contributed by atoms with E-state index in [4.69, 9.17) is 16.3 Å². The van der Waals surface area contributed by atoms with Gasteiger partial charge in [-0.1, -0.05) is 17.7 Å². The van der Waals surface area contributed by atoms with Crippen molar-refractivity contribution in [3.63, 3.8) is 0 Å². The number of hydrogen-bond acceptors (Lipinski definition) is 7. The lowest BCUT2D eigenvalue weighted by atomic mass is 10.1. The van der Waals surface area contributed by atoms with Gasteiger partial charge in [-0.05, 0) is 29.8 Å². The van der Waals surface area contributed by atoms with E-state index in [0.29, 0.717) is 33.5 Å². The summed E-state index contributed by atoms with van der Waals surface area (Å²) in [6.45, 7) is -0.268. The Labute approximate surface area is 188 Å². The first-order valence-electron chi connectivity index (χ1n) is 9.75. The molecule has 0 radical (unpaired) electrons. The van der Waals surface area contributed by atoms with Gasteiger partial charge < -0.3 is 19.7 Å². The van der Waals surface area contributed by atoms with Crippen LogP contribution in [0.3, 0.4) is 0 Å². The van der Waals surface area contributed by atoms with Crippen molar-refractivity contribution in [2.75, 3.05) is 19.0 Å². The van der Waals surface area contributed by atoms with E-state index < -0.39 is 6.04 Å². The van der Waals surface area contributed by atoms with Crippen LogP contribution in [0.1, 0.15) is 11.6 Å². The zero-order chi connectivity index (χ0) is 22.7. The van der Waals surface area contributed by atoms with Crippen molar-refractivity contribution in [1.29, 1.82) is 0 Å². The predicted molar refractivity (Wildman–Crippen MR) is 121 cm³/mol. The number of nitrogens with zero attached hydrogens (tertiary/aromatic N) is 5. The topological polar surface area (TPSA) is 107 Å². The molecule has 32 heavy (non-hydrogen) atoms. The Bertz CT molecular complexity index is 1300. The molecule has 0 aliphatic heterocycles. The third-order valence-electron chi connectivity index (χ3n) is 5.03. The molecule has 0 spiro atoms. The zero-order valence-corrected chi connectivity index (χ0v) is 18.2. The standard InChI is InChI=1S/C22H21ClN6O3/c1-28-20(6-9-25-28)27-22-24-8-5-17(26-22)14-7-10-29(21(31)12-14)18(13-30)15-3-4-16(23)19(11-15)32-2/h3-12,18,30H,13H2,1-2H3,(H,24,26,27). The van der Waals surface area contributed by atoms with Gasteiger partial charge in [0, 0.05) is 37.1 Å². The third-order valence-corrected chi connectivity index (χ3v) is 5.34. The molecule has 0 saturated carbocycles. The minimum Gasteiger partial charge on any atom is -0.495 e. The molecule has 1 aromatic carbocycles. The van der Waals surface area contributed by atoms with Gasteiger partial charge in [0.05, 0.1) is 36.7 Å². The highest BCUT2D eigenvalue weighted by Gasteiger charge is 2.17. The number of aliphatic hydroxyl groups is 1. The number of aliphatic hydroxyl groups excluding tert-OH is 1. The fourth-order valence-electron chi connectivity index (χ4n) is 3.33. The average molecular weight is 453 g/mol. The molecule has 0 aliphatic carbocycles. The molecule has 2 N–H and O–H groups in total. The molecule has 3 heterocycles. The normalized spacial score (nSPS) is 11.9. The highest BCUT2D eigenvalue weighted by Crippen LogP contribution is 2.29.